The van der Waals surface area contributed by atoms with E-state index < -0.39 is 0 Å². The Labute approximate surface area is 142 Å². The van der Waals surface area contributed by atoms with Gasteiger partial charge in [-0.25, -0.2) is 0 Å². The third kappa shape index (κ3) is 4.27. The summed E-state index contributed by atoms with van der Waals surface area (Å²) in [5, 5.41) is 0. The molecule has 1 atom stereocenters. The molecule has 1 aromatic rings. The van der Waals surface area contributed by atoms with Crippen molar-refractivity contribution in [3.05, 3.63) is 29.3 Å². The van der Waals surface area contributed by atoms with Crippen molar-refractivity contribution in [2.75, 3.05) is 13.3 Å². The van der Waals surface area contributed by atoms with E-state index in [-0.39, 0.29) is 11.1 Å². The summed E-state index contributed by atoms with van der Waals surface area (Å²) in [6.45, 7) is 17.8. The number of rotatable bonds is 6. The van der Waals surface area contributed by atoms with Crippen LogP contribution < -0.4 is 4.74 Å². The summed E-state index contributed by atoms with van der Waals surface area (Å²) in [6, 6.07) is 6.44. The Morgan fingerprint density at radius 3 is 2.61 bits per heavy atom. The molecule has 1 aliphatic heterocycles. The molecular weight excluding hydrogens is 286 g/mol. The van der Waals surface area contributed by atoms with Crippen LogP contribution in [0.15, 0.2) is 18.2 Å². The number of nitrogens with zero attached hydrogens (tertiary/aromatic N) is 1. The summed E-state index contributed by atoms with van der Waals surface area (Å²) in [5.74, 6) is 1.45. The van der Waals surface area contributed by atoms with Crippen LogP contribution in [0.4, 0.5) is 0 Å². The lowest BCUT2D eigenvalue weighted by Crippen LogP contribution is -2.52. The highest BCUT2D eigenvalue weighted by atomic mass is 16.5. The van der Waals surface area contributed by atoms with Crippen LogP contribution >= 0.6 is 0 Å². The van der Waals surface area contributed by atoms with Crippen molar-refractivity contribution < 1.29 is 9.47 Å². The fourth-order valence-electron chi connectivity index (χ4n) is 2.71. The van der Waals surface area contributed by atoms with Crippen LogP contribution in [0.25, 0.3) is 0 Å². The quantitative estimate of drug-likeness (QED) is 0.754. The minimum absolute atomic E-state index is 0.0191. The first-order valence-electron chi connectivity index (χ1n) is 8.77. The van der Waals surface area contributed by atoms with Gasteiger partial charge in [0.15, 0.2) is 0 Å². The Morgan fingerprint density at radius 2 is 1.96 bits per heavy atom. The standard InChI is InChI=1S/C20H33NO2/c1-8-19(4,5)23-13-16(3)20(6,7)21-12-17-11-15(2)9-10-18(17)22-14-21/h9-11,16H,8,12-14H2,1-7H3. The molecule has 0 radical (unpaired) electrons. The smallest absolute Gasteiger partial charge is 0.142 e. The lowest BCUT2D eigenvalue weighted by atomic mass is 9.87. The molecule has 2 rings (SSSR count). The number of hydrogen-bond acceptors (Lipinski definition) is 3. The third-order valence-electron chi connectivity index (χ3n) is 5.55. The molecule has 1 unspecified atom stereocenters. The van der Waals surface area contributed by atoms with Crippen LogP contribution in [0, 0.1) is 12.8 Å². The minimum atomic E-state index is -0.0492. The average molecular weight is 319 g/mol. The number of fused-ring (bicyclic) bond motifs is 1. The highest BCUT2D eigenvalue weighted by molar-refractivity contribution is 5.38. The van der Waals surface area contributed by atoms with Crippen LogP contribution in [0.3, 0.4) is 0 Å². The molecule has 0 fully saturated rings. The van der Waals surface area contributed by atoms with Gasteiger partial charge in [-0.15, -0.1) is 0 Å². The Morgan fingerprint density at radius 1 is 1.26 bits per heavy atom. The molecule has 1 heterocycles. The lowest BCUT2D eigenvalue weighted by Gasteiger charge is -2.45. The van der Waals surface area contributed by atoms with Crippen LogP contribution in [0.2, 0.25) is 0 Å². The molecule has 23 heavy (non-hydrogen) atoms. The summed E-state index contributed by atoms with van der Waals surface area (Å²) in [5.41, 5.74) is 2.54. The van der Waals surface area contributed by atoms with Crippen molar-refractivity contribution in [2.45, 2.75) is 72.6 Å². The van der Waals surface area contributed by atoms with E-state index in [1.165, 1.54) is 11.1 Å². The normalized spacial score (nSPS) is 17.5. The monoisotopic (exact) mass is 319 g/mol. The number of hydrogen-bond donors (Lipinski definition) is 0. The van der Waals surface area contributed by atoms with Gasteiger partial charge in [0.1, 0.15) is 12.5 Å². The van der Waals surface area contributed by atoms with E-state index in [0.29, 0.717) is 12.6 Å². The van der Waals surface area contributed by atoms with E-state index >= 15 is 0 Å². The largest absolute Gasteiger partial charge is 0.478 e. The van der Waals surface area contributed by atoms with Gasteiger partial charge in [-0.05, 0) is 53.0 Å². The summed E-state index contributed by atoms with van der Waals surface area (Å²) >= 11 is 0. The maximum atomic E-state index is 6.14. The zero-order valence-electron chi connectivity index (χ0n) is 15.9. The maximum Gasteiger partial charge on any atom is 0.142 e. The number of ether oxygens (including phenoxy) is 2. The molecule has 3 heteroatoms. The molecule has 0 aliphatic carbocycles. The van der Waals surface area contributed by atoms with Gasteiger partial charge in [0.25, 0.3) is 0 Å². The van der Waals surface area contributed by atoms with Crippen molar-refractivity contribution in [1.82, 2.24) is 4.90 Å². The zero-order chi connectivity index (χ0) is 17.3. The van der Waals surface area contributed by atoms with Crippen LogP contribution in [0.1, 0.15) is 59.1 Å². The molecule has 0 amide bonds. The highest BCUT2D eigenvalue weighted by Crippen LogP contribution is 2.33. The summed E-state index contributed by atoms with van der Waals surface area (Å²) < 4.78 is 12.1. The molecule has 1 aromatic carbocycles. The predicted molar refractivity (Wildman–Crippen MR) is 95.8 cm³/mol. The molecule has 3 nitrogen and oxygen atoms in total. The van der Waals surface area contributed by atoms with Gasteiger partial charge in [0.05, 0.1) is 12.2 Å². The summed E-state index contributed by atoms with van der Waals surface area (Å²) in [4.78, 5) is 2.42. The molecule has 0 aromatic heterocycles. The van der Waals surface area contributed by atoms with E-state index in [2.05, 4.69) is 71.6 Å². The molecule has 0 bridgehead atoms. The predicted octanol–water partition coefficient (Wildman–Crippen LogP) is 4.77. The van der Waals surface area contributed by atoms with Gasteiger partial charge < -0.3 is 9.47 Å². The molecular formula is C20H33NO2. The van der Waals surface area contributed by atoms with E-state index in [0.717, 1.165) is 25.3 Å². The first-order chi connectivity index (χ1) is 10.7. The second kappa shape index (κ2) is 6.82. The van der Waals surface area contributed by atoms with Crippen LogP contribution in [-0.4, -0.2) is 29.4 Å². The Hall–Kier alpha value is -1.06. The van der Waals surface area contributed by atoms with Gasteiger partial charge in [0.2, 0.25) is 0 Å². The molecule has 130 valence electrons. The third-order valence-corrected chi connectivity index (χ3v) is 5.55. The van der Waals surface area contributed by atoms with Crippen molar-refractivity contribution in [3.8, 4) is 5.75 Å². The first kappa shape index (κ1) is 18.3. The molecule has 1 aliphatic rings. The molecule has 0 saturated heterocycles. The number of aryl methyl sites for hydroxylation is 1. The van der Waals surface area contributed by atoms with Gasteiger partial charge in [-0.3, -0.25) is 4.90 Å². The topological polar surface area (TPSA) is 21.7 Å². The number of benzene rings is 1. The second-order valence-electron chi connectivity index (χ2n) is 8.06. The van der Waals surface area contributed by atoms with Gasteiger partial charge in [-0.2, -0.15) is 0 Å². The lowest BCUT2D eigenvalue weighted by molar-refractivity contribution is -0.0802. The Kier molecular flexibility index (Phi) is 5.42. The first-order valence-corrected chi connectivity index (χ1v) is 8.77. The fraction of sp³-hybridized carbons (Fsp3) is 0.700. The molecule has 0 N–H and O–H groups in total. The van der Waals surface area contributed by atoms with E-state index in [1.54, 1.807) is 0 Å². The highest BCUT2D eigenvalue weighted by Gasteiger charge is 2.36. The SMILES string of the molecule is CCC(C)(C)OCC(C)C(C)(C)N1COc2ccc(C)cc2C1. The summed E-state index contributed by atoms with van der Waals surface area (Å²) in [6.07, 6.45) is 1.03. The van der Waals surface area contributed by atoms with E-state index in [9.17, 15) is 0 Å². The van der Waals surface area contributed by atoms with Crippen LogP contribution in [-0.2, 0) is 11.3 Å². The zero-order valence-corrected chi connectivity index (χ0v) is 15.9. The van der Waals surface area contributed by atoms with Gasteiger partial charge in [-0.1, -0.05) is 31.5 Å². The molecule has 0 saturated carbocycles. The van der Waals surface area contributed by atoms with Crippen LogP contribution in [0.5, 0.6) is 5.75 Å². The van der Waals surface area contributed by atoms with Crippen molar-refractivity contribution in [3.63, 3.8) is 0 Å². The van der Waals surface area contributed by atoms with E-state index in [1.807, 2.05) is 0 Å². The van der Waals surface area contributed by atoms with E-state index in [4.69, 9.17) is 9.47 Å². The molecule has 0 spiro atoms. The Bertz CT molecular complexity index is 536. The second-order valence-corrected chi connectivity index (χ2v) is 8.06. The minimum Gasteiger partial charge on any atom is -0.478 e. The average Bonchev–Trinajstić information content (AvgIpc) is 2.51. The van der Waals surface area contributed by atoms with Crippen molar-refractivity contribution >= 4 is 0 Å². The maximum absolute atomic E-state index is 6.14. The fourth-order valence-corrected chi connectivity index (χ4v) is 2.71. The van der Waals surface area contributed by atoms with Gasteiger partial charge >= 0.3 is 0 Å². The Balaban J connectivity index is 2.05. The van der Waals surface area contributed by atoms with Gasteiger partial charge in [0, 0.05) is 17.6 Å². The van der Waals surface area contributed by atoms with Crippen molar-refractivity contribution in [2.24, 2.45) is 5.92 Å². The van der Waals surface area contributed by atoms with Crippen molar-refractivity contribution in [1.29, 1.82) is 0 Å². The summed E-state index contributed by atoms with van der Waals surface area (Å²) in [7, 11) is 0.